The summed E-state index contributed by atoms with van der Waals surface area (Å²) >= 11 is 3.34. The van der Waals surface area contributed by atoms with Gasteiger partial charge in [0.05, 0.1) is 4.90 Å². The molecule has 2 aromatic carbocycles. The van der Waals surface area contributed by atoms with Crippen molar-refractivity contribution < 1.29 is 8.42 Å². The largest absolute Gasteiger partial charge is 0.273 e. The fourth-order valence-corrected chi connectivity index (χ4v) is 4.80. The van der Waals surface area contributed by atoms with Gasteiger partial charge in [-0.05, 0) is 42.2 Å². The van der Waals surface area contributed by atoms with Crippen molar-refractivity contribution in [2.24, 2.45) is 5.92 Å². The summed E-state index contributed by atoms with van der Waals surface area (Å²) in [6.45, 7) is 4.29. The molecular formula is C20H20BrNO2S. The molecule has 1 heterocycles. The standard InChI is InChI=1S/C20H20BrNO2S/c1-2-6-17-15-22(14-13-20(17)16-7-4-3-5-8-16)25(23,24)19-11-9-18(21)10-12-19/h2-5,7-14,17,20H,1,6,15H2. The average molecular weight is 418 g/mol. The van der Waals surface area contributed by atoms with Crippen LogP contribution in [-0.2, 0) is 10.0 Å². The second kappa shape index (κ2) is 7.58. The molecule has 0 radical (unpaired) electrons. The minimum Gasteiger partial charge on any atom is -0.273 e. The summed E-state index contributed by atoms with van der Waals surface area (Å²) in [6.07, 6.45) is 6.32. The van der Waals surface area contributed by atoms with Crippen LogP contribution in [0.2, 0.25) is 0 Å². The Hall–Kier alpha value is -1.85. The Balaban J connectivity index is 1.92. The van der Waals surface area contributed by atoms with Crippen LogP contribution in [0.5, 0.6) is 0 Å². The predicted molar refractivity (Wildman–Crippen MR) is 105 cm³/mol. The number of sulfonamides is 1. The van der Waals surface area contributed by atoms with E-state index in [1.165, 1.54) is 9.87 Å². The van der Waals surface area contributed by atoms with E-state index in [9.17, 15) is 8.42 Å². The zero-order valence-electron chi connectivity index (χ0n) is 13.8. The van der Waals surface area contributed by atoms with Crippen molar-refractivity contribution in [3.63, 3.8) is 0 Å². The fourth-order valence-electron chi connectivity index (χ4n) is 3.17. The van der Waals surface area contributed by atoms with Crippen LogP contribution in [0, 0.1) is 5.92 Å². The lowest BCUT2D eigenvalue weighted by Crippen LogP contribution is -2.36. The number of hydrogen-bond donors (Lipinski definition) is 0. The molecule has 0 amide bonds. The highest BCUT2D eigenvalue weighted by Gasteiger charge is 2.31. The van der Waals surface area contributed by atoms with Crippen LogP contribution in [0.4, 0.5) is 0 Å². The van der Waals surface area contributed by atoms with Gasteiger partial charge in [-0.25, -0.2) is 8.42 Å². The molecule has 0 N–H and O–H groups in total. The molecule has 1 aliphatic heterocycles. The monoisotopic (exact) mass is 417 g/mol. The van der Waals surface area contributed by atoms with Crippen molar-refractivity contribution in [1.29, 1.82) is 0 Å². The first-order valence-electron chi connectivity index (χ1n) is 8.14. The quantitative estimate of drug-likeness (QED) is 0.645. The summed E-state index contributed by atoms with van der Waals surface area (Å²) in [7, 11) is -3.54. The topological polar surface area (TPSA) is 37.4 Å². The number of allylic oxidation sites excluding steroid dienone is 2. The number of benzene rings is 2. The molecule has 0 bridgehead atoms. The van der Waals surface area contributed by atoms with Gasteiger partial charge in [-0.15, -0.1) is 6.58 Å². The van der Waals surface area contributed by atoms with Crippen LogP contribution in [0.25, 0.3) is 0 Å². The van der Waals surface area contributed by atoms with Crippen LogP contribution in [0.3, 0.4) is 0 Å². The third-order valence-corrected chi connectivity index (χ3v) is 6.74. The highest BCUT2D eigenvalue weighted by Crippen LogP contribution is 2.35. The van der Waals surface area contributed by atoms with E-state index in [0.29, 0.717) is 11.4 Å². The van der Waals surface area contributed by atoms with Gasteiger partial charge in [0.25, 0.3) is 10.0 Å². The summed E-state index contributed by atoms with van der Waals surface area (Å²) in [5.74, 6) is 0.352. The first kappa shape index (κ1) is 18.0. The van der Waals surface area contributed by atoms with E-state index in [2.05, 4.69) is 34.6 Å². The summed E-state index contributed by atoms with van der Waals surface area (Å²) < 4.78 is 28.2. The van der Waals surface area contributed by atoms with Crippen molar-refractivity contribution in [1.82, 2.24) is 4.31 Å². The maximum atomic E-state index is 12.9. The van der Waals surface area contributed by atoms with Crippen molar-refractivity contribution in [3.05, 3.63) is 89.6 Å². The molecular weight excluding hydrogens is 398 g/mol. The van der Waals surface area contributed by atoms with Crippen LogP contribution in [0.1, 0.15) is 17.9 Å². The third kappa shape index (κ3) is 3.88. The van der Waals surface area contributed by atoms with E-state index in [4.69, 9.17) is 0 Å². The van der Waals surface area contributed by atoms with Gasteiger partial charge in [0.2, 0.25) is 0 Å². The van der Waals surface area contributed by atoms with E-state index >= 15 is 0 Å². The lowest BCUT2D eigenvalue weighted by Gasteiger charge is -2.34. The van der Waals surface area contributed by atoms with Gasteiger partial charge >= 0.3 is 0 Å². The van der Waals surface area contributed by atoms with Gasteiger partial charge in [-0.1, -0.05) is 58.4 Å². The minimum atomic E-state index is -3.54. The zero-order chi connectivity index (χ0) is 17.9. The highest BCUT2D eigenvalue weighted by atomic mass is 79.9. The minimum absolute atomic E-state index is 0.162. The van der Waals surface area contributed by atoms with Crippen LogP contribution >= 0.6 is 15.9 Å². The summed E-state index contributed by atoms with van der Waals surface area (Å²) in [6, 6.07) is 16.9. The number of rotatable bonds is 5. The lowest BCUT2D eigenvalue weighted by molar-refractivity contribution is 0.357. The SMILES string of the molecule is C=CCC1CN(S(=O)(=O)c2ccc(Br)cc2)C=CC1c1ccccc1. The van der Waals surface area contributed by atoms with Gasteiger partial charge < -0.3 is 0 Å². The normalized spacial score (nSPS) is 20.4. The molecule has 2 atom stereocenters. The number of hydrogen-bond acceptors (Lipinski definition) is 2. The molecule has 0 fully saturated rings. The zero-order valence-corrected chi connectivity index (χ0v) is 16.2. The number of nitrogens with zero attached hydrogens (tertiary/aromatic N) is 1. The van der Waals surface area contributed by atoms with Crippen LogP contribution in [-0.4, -0.2) is 19.3 Å². The molecule has 0 spiro atoms. The first-order valence-corrected chi connectivity index (χ1v) is 10.4. The molecule has 3 nitrogen and oxygen atoms in total. The van der Waals surface area contributed by atoms with Crippen molar-refractivity contribution >= 4 is 26.0 Å². The van der Waals surface area contributed by atoms with E-state index < -0.39 is 10.0 Å². The summed E-state index contributed by atoms with van der Waals surface area (Å²) in [4.78, 5) is 0.302. The second-order valence-electron chi connectivity index (χ2n) is 6.09. The van der Waals surface area contributed by atoms with Gasteiger partial charge in [-0.3, -0.25) is 4.31 Å². The Morgan fingerprint density at radius 3 is 2.44 bits per heavy atom. The highest BCUT2D eigenvalue weighted by molar-refractivity contribution is 9.10. The van der Waals surface area contributed by atoms with Gasteiger partial charge in [0.15, 0.2) is 0 Å². The molecule has 0 aromatic heterocycles. The van der Waals surface area contributed by atoms with Crippen molar-refractivity contribution in [3.8, 4) is 0 Å². The molecule has 2 unspecified atom stereocenters. The third-order valence-electron chi connectivity index (χ3n) is 4.46. The average Bonchev–Trinajstić information content (AvgIpc) is 2.63. The Bertz CT molecular complexity index is 860. The smallest absolute Gasteiger partial charge is 0.263 e. The second-order valence-corrected chi connectivity index (χ2v) is 8.90. The Kier molecular flexibility index (Phi) is 5.45. The van der Waals surface area contributed by atoms with Crippen LogP contribution in [0.15, 0.2) is 88.9 Å². The molecule has 0 saturated carbocycles. The van der Waals surface area contributed by atoms with E-state index in [-0.39, 0.29) is 11.8 Å². The molecule has 0 aliphatic carbocycles. The van der Waals surface area contributed by atoms with Gasteiger partial charge in [0.1, 0.15) is 0 Å². The maximum absolute atomic E-state index is 12.9. The maximum Gasteiger partial charge on any atom is 0.263 e. The Labute approximate surface area is 157 Å². The summed E-state index contributed by atoms with van der Waals surface area (Å²) in [5, 5.41) is 0. The predicted octanol–water partition coefficient (Wildman–Crippen LogP) is 4.94. The van der Waals surface area contributed by atoms with Gasteiger partial charge in [-0.2, -0.15) is 0 Å². The molecule has 0 saturated heterocycles. The number of halogens is 1. The Morgan fingerprint density at radius 1 is 1.12 bits per heavy atom. The van der Waals surface area contributed by atoms with E-state index in [1.807, 2.05) is 30.4 Å². The van der Waals surface area contributed by atoms with Crippen molar-refractivity contribution in [2.45, 2.75) is 17.2 Å². The molecule has 25 heavy (non-hydrogen) atoms. The van der Waals surface area contributed by atoms with Gasteiger partial charge in [0, 0.05) is 23.1 Å². The molecule has 2 aromatic rings. The van der Waals surface area contributed by atoms with E-state index in [1.54, 1.807) is 30.5 Å². The van der Waals surface area contributed by atoms with E-state index in [0.717, 1.165) is 10.9 Å². The first-order chi connectivity index (χ1) is 12.0. The van der Waals surface area contributed by atoms with Crippen LogP contribution < -0.4 is 0 Å². The molecule has 5 heteroatoms. The fraction of sp³-hybridized carbons (Fsp3) is 0.200. The lowest BCUT2D eigenvalue weighted by atomic mass is 9.82. The van der Waals surface area contributed by atoms with Crippen molar-refractivity contribution in [2.75, 3.05) is 6.54 Å². The molecule has 130 valence electrons. The summed E-state index contributed by atoms with van der Waals surface area (Å²) in [5.41, 5.74) is 1.20. The molecule has 1 aliphatic rings. The molecule has 3 rings (SSSR count). The Morgan fingerprint density at radius 2 is 1.80 bits per heavy atom.